The molecule has 0 atom stereocenters. The molecule has 1 aromatic carbocycles. The minimum atomic E-state index is -0.597. The van der Waals surface area contributed by atoms with Crippen molar-refractivity contribution in [3.8, 4) is 11.3 Å². The Balaban J connectivity index is 1.12. The van der Waals surface area contributed by atoms with Crippen molar-refractivity contribution in [2.24, 2.45) is 0 Å². The van der Waals surface area contributed by atoms with Crippen molar-refractivity contribution in [1.29, 1.82) is 0 Å². The first-order valence-corrected chi connectivity index (χ1v) is 14.2. The van der Waals surface area contributed by atoms with Gasteiger partial charge in [-0.3, -0.25) is 10.2 Å². The number of nitrogens with one attached hydrogen (secondary N) is 1. The van der Waals surface area contributed by atoms with Gasteiger partial charge in [0, 0.05) is 81.2 Å². The van der Waals surface area contributed by atoms with Crippen LogP contribution in [-0.2, 0) is 20.7 Å². The average Bonchev–Trinajstić information content (AvgIpc) is 3.43. The summed E-state index contributed by atoms with van der Waals surface area (Å²) in [7, 11) is 2.07. The molecule has 0 radical (unpaired) electrons. The fourth-order valence-electron chi connectivity index (χ4n) is 5.19. The normalized spacial score (nSPS) is 17.2. The molecule has 14 heteroatoms. The van der Waals surface area contributed by atoms with Gasteiger partial charge in [0.25, 0.3) is 0 Å². The average molecular weight is 577 g/mol. The van der Waals surface area contributed by atoms with Gasteiger partial charge in [-0.25, -0.2) is 19.7 Å². The number of benzene rings is 1. The van der Waals surface area contributed by atoms with Gasteiger partial charge in [0.1, 0.15) is 0 Å². The topological polar surface area (TPSA) is 147 Å². The predicted octanol–water partition coefficient (Wildman–Crippen LogP) is 1.65. The summed E-state index contributed by atoms with van der Waals surface area (Å²) in [5, 5.41) is 4.35. The number of carbonyl (C=O) groups excluding carboxylic acids is 1. The van der Waals surface area contributed by atoms with E-state index in [1.807, 2.05) is 24.3 Å². The number of rotatable bonds is 8. The van der Waals surface area contributed by atoms with Gasteiger partial charge in [-0.05, 0) is 30.7 Å². The molecule has 42 heavy (non-hydrogen) atoms. The highest BCUT2D eigenvalue weighted by atomic mass is 16.7. The Labute approximate surface area is 244 Å². The second-order valence-electron chi connectivity index (χ2n) is 10.4. The number of aromatic nitrogens is 4. The summed E-state index contributed by atoms with van der Waals surface area (Å²) in [5.41, 5.74) is 9.70. The van der Waals surface area contributed by atoms with Crippen LogP contribution in [0.25, 0.3) is 11.3 Å². The zero-order valence-electron chi connectivity index (χ0n) is 23.7. The van der Waals surface area contributed by atoms with Crippen LogP contribution in [0, 0.1) is 0 Å². The van der Waals surface area contributed by atoms with Crippen LogP contribution in [0.15, 0.2) is 36.7 Å². The highest BCUT2D eigenvalue weighted by Crippen LogP contribution is 2.35. The van der Waals surface area contributed by atoms with E-state index in [4.69, 9.17) is 30.0 Å². The van der Waals surface area contributed by atoms with Crippen LogP contribution in [-0.4, -0.2) is 110 Å². The molecule has 14 nitrogen and oxygen atoms in total. The van der Waals surface area contributed by atoms with Crippen molar-refractivity contribution in [1.82, 2.24) is 24.8 Å². The minimum absolute atomic E-state index is 0.187. The SMILES string of the molecule is CN(CCN1CCOCC1)c1ccc(NC(=O)ON2CCc3c(-c4cnc(N)nc4)nc(N4CCOCC4)nc32)cc1. The number of amides is 1. The predicted molar refractivity (Wildman–Crippen MR) is 159 cm³/mol. The third-order valence-electron chi connectivity index (χ3n) is 7.62. The van der Waals surface area contributed by atoms with Gasteiger partial charge < -0.3 is 29.8 Å². The molecule has 0 spiro atoms. The Morgan fingerprint density at radius 1 is 1.00 bits per heavy atom. The van der Waals surface area contributed by atoms with Crippen LogP contribution >= 0.6 is 0 Å². The lowest BCUT2D eigenvalue weighted by molar-refractivity contribution is 0.0393. The second kappa shape index (κ2) is 12.7. The maximum absolute atomic E-state index is 12.9. The zero-order chi connectivity index (χ0) is 28.9. The number of ether oxygens (including phenoxy) is 2. The number of carbonyl (C=O) groups is 1. The van der Waals surface area contributed by atoms with Crippen LogP contribution in [0.4, 0.5) is 33.9 Å². The highest BCUT2D eigenvalue weighted by molar-refractivity contribution is 5.86. The summed E-state index contributed by atoms with van der Waals surface area (Å²) in [6.45, 7) is 8.36. The van der Waals surface area contributed by atoms with Crippen molar-refractivity contribution in [3.05, 3.63) is 42.2 Å². The first kappa shape index (κ1) is 27.9. The van der Waals surface area contributed by atoms with Gasteiger partial charge in [-0.15, -0.1) is 0 Å². The Morgan fingerprint density at radius 2 is 1.69 bits per heavy atom. The molecule has 0 saturated carbocycles. The molecule has 3 aliphatic rings. The maximum atomic E-state index is 12.9. The molecule has 222 valence electrons. The van der Waals surface area contributed by atoms with Crippen LogP contribution in [0.5, 0.6) is 0 Å². The number of fused-ring (bicyclic) bond motifs is 1. The van der Waals surface area contributed by atoms with E-state index < -0.39 is 6.09 Å². The minimum Gasteiger partial charge on any atom is -0.379 e. The van der Waals surface area contributed by atoms with E-state index in [-0.39, 0.29) is 5.95 Å². The lowest BCUT2D eigenvalue weighted by Gasteiger charge is -2.29. The largest absolute Gasteiger partial charge is 0.436 e. The van der Waals surface area contributed by atoms with Crippen LogP contribution in [0.1, 0.15) is 5.56 Å². The standard InChI is InChI=1S/C28H36N10O4/c1-35(8-9-36-10-14-40-15-11-36)22-4-2-21(3-5-22)32-28(39)42-38-7-6-23-24(20-18-30-26(29)31-19-20)33-27(34-25(23)38)37-12-16-41-17-13-37/h2-5,18-19H,6-17H2,1H3,(H,32,39)(H2,29,30,31). The van der Waals surface area contributed by atoms with Crippen molar-refractivity contribution < 1.29 is 19.1 Å². The molecular weight excluding hydrogens is 540 g/mol. The maximum Gasteiger partial charge on any atom is 0.436 e. The summed E-state index contributed by atoms with van der Waals surface area (Å²) < 4.78 is 10.9. The number of nitrogens with two attached hydrogens (primary N) is 1. The van der Waals surface area contributed by atoms with Crippen LogP contribution in [0.3, 0.4) is 0 Å². The number of likely N-dealkylation sites (N-methyl/N-ethyl adjacent to an activating group) is 1. The Kier molecular flexibility index (Phi) is 8.44. The number of hydrogen-bond acceptors (Lipinski definition) is 13. The Morgan fingerprint density at radius 3 is 2.40 bits per heavy atom. The summed E-state index contributed by atoms with van der Waals surface area (Å²) in [5.74, 6) is 1.27. The van der Waals surface area contributed by atoms with E-state index in [0.29, 0.717) is 62.4 Å². The van der Waals surface area contributed by atoms with E-state index >= 15 is 0 Å². The molecule has 0 aliphatic carbocycles. The van der Waals surface area contributed by atoms with Crippen LogP contribution in [0.2, 0.25) is 0 Å². The Bertz CT molecular complexity index is 1360. The molecule has 3 aromatic rings. The summed E-state index contributed by atoms with van der Waals surface area (Å²) in [4.78, 5) is 43.3. The number of nitrogen functional groups attached to an aromatic ring is 1. The Hall–Kier alpha value is -4.27. The number of morpholine rings is 2. The number of hydroxylamine groups is 1. The lowest BCUT2D eigenvalue weighted by atomic mass is 10.1. The highest BCUT2D eigenvalue weighted by Gasteiger charge is 2.31. The molecule has 0 unspecified atom stereocenters. The summed E-state index contributed by atoms with van der Waals surface area (Å²) >= 11 is 0. The first-order valence-electron chi connectivity index (χ1n) is 14.2. The quantitative estimate of drug-likeness (QED) is 0.401. The van der Waals surface area contributed by atoms with Crippen molar-refractivity contribution in [3.63, 3.8) is 0 Å². The zero-order valence-corrected chi connectivity index (χ0v) is 23.7. The van der Waals surface area contributed by atoms with Gasteiger partial charge >= 0.3 is 6.09 Å². The first-order chi connectivity index (χ1) is 20.5. The molecule has 2 fully saturated rings. The third-order valence-corrected chi connectivity index (χ3v) is 7.62. The van der Waals surface area contributed by atoms with Crippen molar-refractivity contribution in [2.45, 2.75) is 6.42 Å². The van der Waals surface area contributed by atoms with E-state index in [1.54, 1.807) is 12.4 Å². The van der Waals surface area contributed by atoms with E-state index in [9.17, 15) is 4.79 Å². The van der Waals surface area contributed by atoms with Gasteiger partial charge in [0.2, 0.25) is 11.9 Å². The molecule has 2 saturated heterocycles. The molecule has 0 bridgehead atoms. The molecule has 5 heterocycles. The van der Waals surface area contributed by atoms with Gasteiger partial charge in [-0.2, -0.15) is 10.0 Å². The van der Waals surface area contributed by atoms with Gasteiger partial charge in [0.05, 0.1) is 38.7 Å². The molecule has 6 rings (SSSR count). The van der Waals surface area contributed by atoms with Gasteiger partial charge in [0.15, 0.2) is 5.82 Å². The van der Waals surface area contributed by atoms with E-state index in [2.05, 4.69) is 37.0 Å². The number of anilines is 5. The van der Waals surface area contributed by atoms with E-state index in [1.165, 1.54) is 5.06 Å². The number of hydrogen-bond donors (Lipinski definition) is 2. The van der Waals surface area contributed by atoms with Crippen molar-refractivity contribution >= 4 is 35.2 Å². The van der Waals surface area contributed by atoms with E-state index in [0.717, 1.165) is 56.2 Å². The lowest BCUT2D eigenvalue weighted by Crippen LogP contribution is -2.40. The fraction of sp³-hybridized carbons (Fsp3) is 0.464. The third kappa shape index (κ3) is 6.45. The summed E-state index contributed by atoms with van der Waals surface area (Å²) in [6.07, 6.45) is 3.29. The number of nitrogens with zero attached hydrogens (tertiary/aromatic N) is 8. The summed E-state index contributed by atoms with van der Waals surface area (Å²) in [6, 6.07) is 7.72. The molecular formula is C28H36N10O4. The molecule has 3 N–H and O–H groups in total. The van der Waals surface area contributed by atoms with Crippen LogP contribution < -0.4 is 25.9 Å². The fourth-order valence-corrected chi connectivity index (χ4v) is 5.19. The monoisotopic (exact) mass is 576 g/mol. The molecule has 1 amide bonds. The van der Waals surface area contributed by atoms with Gasteiger partial charge in [-0.1, -0.05) is 0 Å². The second-order valence-corrected chi connectivity index (χ2v) is 10.4. The smallest absolute Gasteiger partial charge is 0.379 e. The molecule has 2 aromatic heterocycles. The molecule has 3 aliphatic heterocycles. The van der Waals surface area contributed by atoms with Crippen molar-refractivity contribution in [2.75, 3.05) is 105 Å².